The molecule has 0 radical (unpaired) electrons. The first-order valence-electron chi connectivity index (χ1n) is 6.89. The zero-order chi connectivity index (χ0) is 15.2. The number of rotatable bonds is 2. The van der Waals surface area contributed by atoms with Crippen molar-refractivity contribution in [2.75, 3.05) is 26.4 Å². The van der Waals surface area contributed by atoms with Gasteiger partial charge in [-0.3, -0.25) is 4.79 Å². The first kappa shape index (κ1) is 15.5. The standard InChI is InChI=1S/C16H19NO4/c1-12-11-21-15(10-19)9-17(12)16(20)14-6-4-13(5-7-14)3-2-8-18/h4-7,12,15,18-19H,8-11H2,1H3. The minimum Gasteiger partial charge on any atom is -0.394 e. The van der Waals surface area contributed by atoms with E-state index in [1.165, 1.54) is 0 Å². The molecule has 0 saturated carbocycles. The monoisotopic (exact) mass is 289 g/mol. The second-order valence-corrected chi connectivity index (χ2v) is 4.98. The number of amides is 1. The van der Waals surface area contributed by atoms with Crippen molar-refractivity contribution < 1.29 is 19.7 Å². The van der Waals surface area contributed by atoms with Gasteiger partial charge in [0.25, 0.3) is 5.91 Å². The van der Waals surface area contributed by atoms with Crippen LogP contribution in [0.4, 0.5) is 0 Å². The number of nitrogens with zero attached hydrogens (tertiary/aromatic N) is 1. The molecule has 2 atom stereocenters. The second-order valence-electron chi connectivity index (χ2n) is 4.98. The summed E-state index contributed by atoms with van der Waals surface area (Å²) in [6, 6.07) is 6.93. The zero-order valence-electron chi connectivity index (χ0n) is 12.0. The average molecular weight is 289 g/mol. The molecule has 0 aliphatic carbocycles. The number of aliphatic hydroxyl groups excluding tert-OH is 2. The van der Waals surface area contributed by atoms with Crippen LogP contribution in [0.15, 0.2) is 24.3 Å². The molecule has 1 saturated heterocycles. The predicted molar refractivity (Wildman–Crippen MR) is 77.7 cm³/mol. The van der Waals surface area contributed by atoms with Crippen LogP contribution in [0.5, 0.6) is 0 Å². The van der Waals surface area contributed by atoms with Crippen molar-refractivity contribution >= 4 is 5.91 Å². The highest BCUT2D eigenvalue weighted by molar-refractivity contribution is 5.94. The van der Waals surface area contributed by atoms with E-state index < -0.39 is 0 Å². The van der Waals surface area contributed by atoms with Crippen molar-refractivity contribution in [1.82, 2.24) is 4.90 Å². The van der Waals surface area contributed by atoms with E-state index in [0.717, 1.165) is 5.56 Å². The van der Waals surface area contributed by atoms with Crippen LogP contribution in [0.3, 0.4) is 0 Å². The Balaban J connectivity index is 2.11. The van der Waals surface area contributed by atoms with Gasteiger partial charge in [-0.1, -0.05) is 11.8 Å². The van der Waals surface area contributed by atoms with Crippen LogP contribution in [0.25, 0.3) is 0 Å². The van der Waals surface area contributed by atoms with Crippen LogP contribution in [0.1, 0.15) is 22.8 Å². The molecule has 1 aromatic rings. The first-order chi connectivity index (χ1) is 10.2. The second kappa shape index (κ2) is 7.23. The average Bonchev–Trinajstić information content (AvgIpc) is 2.53. The summed E-state index contributed by atoms with van der Waals surface area (Å²) in [7, 11) is 0. The molecule has 2 rings (SSSR count). The Labute approximate surface area is 124 Å². The van der Waals surface area contributed by atoms with Gasteiger partial charge in [0.2, 0.25) is 0 Å². The lowest BCUT2D eigenvalue weighted by Gasteiger charge is -2.37. The van der Waals surface area contributed by atoms with E-state index in [-0.39, 0.29) is 31.3 Å². The van der Waals surface area contributed by atoms with Crippen LogP contribution in [0, 0.1) is 11.8 Å². The number of morpholine rings is 1. The topological polar surface area (TPSA) is 70.0 Å². The van der Waals surface area contributed by atoms with Gasteiger partial charge >= 0.3 is 0 Å². The van der Waals surface area contributed by atoms with Gasteiger partial charge in [-0.25, -0.2) is 0 Å². The lowest BCUT2D eigenvalue weighted by molar-refractivity contribution is -0.0667. The van der Waals surface area contributed by atoms with E-state index in [2.05, 4.69) is 11.8 Å². The van der Waals surface area contributed by atoms with Crippen LogP contribution in [-0.4, -0.2) is 59.5 Å². The summed E-state index contributed by atoms with van der Waals surface area (Å²) in [5, 5.41) is 17.8. The number of benzene rings is 1. The van der Waals surface area contributed by atoms with E-state index in [9.17, 15) is 4.79 Å². The van der Waals surface area contributed by atoms with E-state index in [4.69, 9.17) is 14.9 Å². The number of carbonyl (C=O) groups is 1. The number of hydrogen-bond donors (Lipinski definition) is 2. The Morgan fingerprint density at radius 2 is 2.10 bits per heavy atom. The molecule has 1 aromatic carbocycles. The Bertz CT molecular complexity index is 544. The highest BCUT2D eigenvalue weighted by atomic mass is 16.5. The fourth-order valence-electron chi connectivity index (χ4n) is 2.21. The quantitative estimate of drug-likeness (QED) is 0.766. The Hall–Kier alpha value is -1.87. The number of hydrogen-bond acceptors (Lipinski definition) is 4. The normalized spacial score (nSPS) is 21.6. The molecule has 0 spiro atoms. The molecule has 1 aliphatic rings. The number of aliphatic hydroxyl groups is 2. The Morgan fingerprint density at radius 3 is 2.71 bits per heavy atom. The lowest BCUT2D eigenvalue weighted by atomic mass is 10.1. The lowest BCUT2D eigenvalue weighted by Crippen LogP contribution is -2.52. The maximum atomic E-state index is 12.5. The summed E-state index contributed by atoms with van der Waals surface area (Å²) in [5.41, 5.74) is 1.33. The van der Waals surface area contributed by atoms with Crippen molar-refractivity contribution in [1.29, 1.82) is 0 Å². The Morgan fingerprint density at radius 1 is 1.38 bits per heavy atom. The molecule has 2 unspecified atom stereocenters. The van der Waals surface area contributed by atoms with Gasteiger partial charge in [0.15, 0.2) is 0 Å². The predicted octanol–water partition coefficient (Wildman–Crippen LogP) is 0.252. The van der Waals surface area contributed by atoms with Gasteiger partial charge in [-0.2, -0.15) is 0 Å². The van der Waals surface area contributed by atoms with Crippen molar-refractivity contribution in [3.8, 4) is 11.8 Å². The third kappa shape index (κ3) is 3.82. The molecule has 2 N–H and O–H groups in total. The van der Waals surface area contributed by atoms with Crippen molar-refractivity contribution in [2.24, 2.45) is 0 Å². The Kier molecular flexibility index (Phi) is 5.34. The molecule has 5 nitrogen and oxygen atoms in total. The highest BCUT2D eigenvalue weighted by Crippen LogP contribution is 2.16. The van der Waals surface area contributed by atoms with E-state index >= 15 is 0 Å². The molecule has 0 aromatic heterocycles. The van der Waals surface area contributed by atoms with E-state index in [1.807, 2.05) is 6.92 Å². The summed E-state index contributed by atoms with van der Waals surface area (Å²) in [6.45, 7) is 2.47. The fraction of sp³-hybridized carbons (Fsp3) is 0.438. The van der Waals surface area contributed by atoms with Gasteiger partial charge in [-0.05, 0) is 31.2 Å². The maximum Gasteiger partial charge on any atom is 0.254 e. The molecule has 1 amide bonds. The van der Waals surface area contributed by atoms with Crippen molar-refractivity contribution in [2.45, 2.75) is 19.1 Å². The fourth-order valence-corrected chi connectivity index (χ4v) is 2.21. The molecular weight excluding hydrogens is 270 g/mol. The van der Waals surface area contributed by atoms with Gasteiger partial charge in [0.05, 0.1) is 25.4 Å². The minimum atomic E-state index is -0.320. The minimum absolute atomic E-state index is 0.0193. The molecule has 112 valence electrons. The highest BCUT2D eigenvalue weighted by Gasteiger charge is 2.29. The smallest absolute Gasteiger partial charge is 0.254 e. The first-order valence-corrected chi connectivity index (χ1v) is 6.89. The summed E-state index contributed by atoms with van der Waals surface area (Å²) >= 11 is 0. The molecule has 0 bridgehead atoms. The van der Waals surface area contributed by atoms with Gasteiger partial charge in [0.1, 0.15) is 6.61 Å². The van der Waals surface area contributed by atoms with Crippen LogP contribution >= 0.6 is 0 Å². The summed E-state index contributed by atoms with van der Waals surface area (Å²) < 4.78 is 5.43. The SMILES string of the molecule is CC1COC(CO)CN1C(=O)c1ccc(C#CCO)cc1. The number of ether oxygens (including phenoxy) is 1. The van der Waals surface area contributed by atoms with Crippen LogP contribution < -0.4 is 0 Å². The summed E-state index contributed by atoms with van der Waals surface area (Å²) in [6.07, 6.45) is -0.320. The molecule has 1 aliphatic heterocycles. The zero-order valence-corrected chi connectivity index (χ0v) is 12.0. The van der Waals surface area contributed by atoms with Crippen molar-refractivity contribution in [3.05, 3.63) is 35.4 Å². The van der Waals surface area contributed by atoms with E-state index in [1.54, 1.807) is 29.2 Å². The van der Waals surface area contributed by atoms with E-state index in [0.29, 0.717) is 18.7 Å². The molecular formula is C16H19NO4. The number of carbonyl (C=O) groups excluding carboxylic acids is 1. The van der Waals surface area contributed by atoms with Gasteiger partial charge in [0, 0.05) is 17.7 Å². The molecule has 5 heteroatoms. The largest absolute Gasteiger partial charge is 0.394 e. The molecule has 21 heavy (non-hydrogen) atoms. The van der Waals surface area contributed by atoms with Crippen LogP contribution in [0.2, 0.25) is 0 Å². The maximum absolute atomic E-state index is 12.5. The molecule has 1 fully saturated rings. The summed E-state index contributed by atoms with van der Waals surface area (Å²) in [4.78, 5) is 14.2. The third-order valence-electron chi connectivity index (χ3n) is 3.41. The van der Waals surface area contributed by atoms with Gasteiger partial charge < -0.3 is 19.8 Å². The van der Waals surface area contributed by atoms with Gasteiger partial charge in [-0.15, -0.1) is 0 Å². The van der Waals surface area contributed by atoms with Crippen molar-refractivity contribution in [3.63, 3.8) is 0 Å². The third-order valence-corrected chi connectivity index (χ3v) is 3.41. The molecule has 1 heterocycles. The van der Waals surface area contributed by atoms with Crippen LogP contribution in [-0.2, 0) is 4.74 Å². The summed E-state index contributed by atoms with van der Waals surface area (Å²) in [5.74, 6) is 5.27.